The Morgan fingerprint density at radius 3 is 2.48 bits per heavy atom. The third-order valence-electron chi connectivity index (χ3n) is 4.43. The summed E-state index contributed by atoms with van der Waals surface area (Å²) in [5.74, 6) is 0.0670. The van der Waals surface area contributed by atoms with Gasteiger partial charge in [0, 0.05) is 12.2 Å². The van der Waals surface area contributed by atoms with Crippen LogP contribution in [0.1, 0.15) is 30.9 Å². The van der Waals surface area contributed by atoms with E-state index >= 15 is 0 Å². The zero-order valence-electron chi connectivity index (χ0n) is 13.4. The van der Waals surface area contributed by atoms with Crippen LogP contribution in [-0.4, -0.2) is 32.1 Å². The van der Waals surface area contributed by atoms with E-state index < -0.39 is 0 Å². The Bertz CT molecular complexity index is 473. The molecule has 1 fully saturated rings. The molecule has 1 amide bonds. The van der Waals surface area contributed by atoms with Crippen molar-refractivity contribution in [1.29, 1.82) is 0 Å². The first-order valence-corrected chi connectivity index (χ1v) is 7.78. The molecular formula is C17H27N3O. The molecule has 0 radical (unpaired) electrons. The van der Waals surface area contributed by atoms with Crippen LogP contribution < -0.4 is 16.0 Å². The molecule has 3 N–H and O–H groups in total. The number of benzene rings is 1. The van der Waals surface area contributed by atoms with Crippen LogP contribution in [0, 0.1) is 19.3 Å². The smallest absolute Gasteiger partial charge is 0.239 e. The summed E-state index contributed by atoms with van der Waals surface area (Å²) in [7, 11) is 0. The predicted octanol–water partition coefficient (Wildman–Crippen LogP) is 2.22. The Labute approximate surface area is 127 Å². The fourth-order valence-electron chi connectivity index (χ4n) is 2.84. The van der Waals surface area contributed by atoms with Crippen molar-refractivity contribution in [2.75, 3.05) is 31.5 Å². The fraction of sp³-hybridized carbons (Fsp3) is 0.588. The third-order valence-corrected chi connectivity index (χ3v) is 4.43. The van der Waals surface area contributed by atoms with Gasteiger partial charge in [-0.3, -0.25) is 4.79 Å². The highest BCUT2D eigenvalue weighted by atomic mass is 16.1. The first kappa shape index (κ1) is 15.8. The van der Waals surface area contributed by atoms with E-state index in [0.29, 0.717) is 6.54 Å². The number of hydrogen-bond acceptors (Lipinski definition) is 3. The minimum Gasteiger partial charge on any atom is -0.376 e. The molecule has 1 aromatic rings. The number of nitrogens with one attached hydrogen (secondary N) is 3. The van der Waals surface area contributed by atoms with Crippen LogP contribution >= 0.6 is 0 Å². The summed E-state index contributed by atoms with van der Waals surface area (Å²) in [6.45, 7) is 9.57. The molecule has 1 saturated heterocycles. The number of amides is 1. The van der Waals surface area contributed by atoms with E-state index in [2.05, 4.69) is 48.9 Å². The molecular weight excluding hydrogens is 262 g/mol. The Kier molecular flexibility index (Phi) is 5.23. The van der Waals surface area contributed by atoms with Gasteiger partial charge in [-0.05, 0) is 56.3 Å². The van der Waals surface area contributed by atoms with Crippen molar-refractivity contribution in [3.8, 4) is 0 Å². The van der Waals surface area contributed by atoms with Gasteiger partial charge in [0.05, 0.1) is 6.54 Å². The number of anilines is 1. The molecule has 0 unspecified atom stereocenters. The molecule has 1 aliphatic heterocycles. The largest absolute Gasteiger partial charge is 0.376 e. The van der Waals surface area contributed by atoms with Crippen LogP contribution in [0.15, 0.2) is 18.2 Å². The quantitative estimate of drug-likeness (QED) is 0.779. The van der Waals surface area contributed by atoms with E-state index in [1.54, 1.807) is 0 Å². The van der Waals surface area contributed by atoms with Crippen LogP contribution in [0.5, 0.6) is 0 Å². The minimum absolute atomic E-state index is 0.0670. The van der Waals surface area contributed by atoms with E-state index in [0.717, 1.165) is 38.2 Å². The molecule has 0 saturated carbocycles. The molecule has 0 aliphatic carbocycles. The number of rotatable bonds is 5. The number of carbonyl (C=O) groups is 1. The van der Waals surface area contributed by atoms with Crippen LogP contribution in [0.2, 0.25) is 0 Å². The van der Waals surface area contributed by atoms with Crippen LogP contribution in [-0.2, 0) is 4.79 Å². The lowest BCUT2D eigenvalue weighted by Crippen LogP contribution is -2.44. The zero-order valence-corrected chi connectivity index (χ0v) is 13.4. The normalized spacial score (nSPS) is 17.3. The number of para-hydroxylation sites is 1. The first-order valence-electron chi connectivity index (χ1n) is 7.78. The Balaban J connectivity index is 1.80. The van der Waals surface area contributed by atoms with E-state index in [-0.39, 0.29) is 11.3 Å². The molecule has 4 heteroatoms. The van der Waals surface area contributed by atoms with Gasteiger partial charge in [-0.2, -0.15) is 0 Å². The summed E-state index contributed by atoms with van der Waals surface area (Å²) >= 11 is 0. The number of hydrogen-bond donors (Lipinski definition) is 3. The molecule has 116 valence electrons. The summed E-state index contributed by atoms with van der Waals surface area (Å²) in [6.07, 6.45) is 2.25. The second kappa shape index (κ2) is 6.94. The van der Waals surface area contributed by atoms with Gasteiger partial charge in [0.2, 0.25) is 5.91 Å². The first-order chi connectivity index (χ1) is 10.0. The average Bonchev–Trinajstić information content (AvgIpc) is 2.45. The fourth-order valence-corrected chi connectivity index (χ4v) is 2.84. The lowest BCUT2D eigenvalue weighted by Gasteiger charge is -2.34. The van der Waals surface area contributed by atoms with E-state index in [9.17, 15) is 4.79 Å². The minimum atomic E-state index is 0.0670. The number of piperidine rings is 1. The number of aryl methyl sites for hydroxylation is 2. The van der Waals surface area contributed by atoms with Gasteiger partial charge >= 0.3 is 0 Å². The molecule has 2 rings (SSSR count). The van der Waals surface area contributed by atoms with Crippen molar-refractivity contribution in [3.63, 3.8) is 0 Å². The average molecular weight is 289 g/mol. The van der Waals surface area contributed by atoms with Crippen molar-refractivity contribution < 1.29 is 4.79 Å². The molecule has 4 nitrogen and oxygen atoms in total. The molecule has 0 aromatic heterocycles. The molecule has 1 aromatic carbocycles. The maximum absolute atomic E-state index is 12.0. The predicted molar refractivity (Wildman–Crippen MR) is 87.6 cm³/mol. The van der Waals surface area contributed by atoms with Crippen molar-refractivity contribution in [2.45, 2.75) is 33.6 Å². The second-order valence-corrected chi connectivity index (χ2v) is 6.46. The van der Waals surface area contributed by atoms with E-state index in [4.69, 9.17) is 0 Å². The van der Waals surface area contributed by atoms with Gasteiger partial charge in [0.25, 0.3) is 0 Å². The summed E-state index contributed by atoms with van der Waals surface area (Å²) in [4.78, 5) is 12.0. The monoisotopic (exact) mass is 289 g/mol. The van der Waals surface area contributed by atoms with Crippen molar-refractivity contribution in [2.24, 2.45) is 5.41 Å². The van der Waals surface area contributed by atoms with Gasteiger partial charge < -0.3 is 16.0 Å². The molecule has 0 spiro atoms. The summed E-state index contributed by atoms with van der Waals surface area (Å²) in [6, 6.07) is 6.15. The summed E-state index contributed by atoms with van der Waals surface area (Å²) < 4.78 is 0. The molecule has 1 heterocycles. The highest BCUT2D eigenvalue weighted by Gasteiger charge is 2.26. The van der Waals surface area contributed by atoms with Gasteiger partial charge in [0.1, 0.15) is 0 Å². The SMILES string of the molecule is Cc1cccc(C)c1NCC(=O)NCC1(C)CCNCC1. The van der Waals surface area contributed by atoms with Gasteiger partial charge in [-0.1, -0.05) is 25.1 Å². The Morgan fingerprint density at radius 1 is 1.24 bits per heavy atom. The van der Waals surface area contributed by atoms with E-state index in [1.807, 2.05) is 6.07 Å². The lowest BCUT2D eigenvalue weighted by molar-refractivity contribution is -0.119. The second-order valence-electron chi connectivity index (χ2n) is 6.46. The Hall–Kier alpha value is -1.55. The zero-order chi connectivity index (χ0) is 15.3. The highest BCUT2D eigenvalue weighted by molar-refractivity contribution is 5.81. The molecule has 0 atom stereocenters. The van der Waals surface area contributed by atoms with Crippen LogP contribution in [0.4, 0.5) is 5.69 Å². The third kappa shape index (κ3) is 4.46. The lowest BCUT2D eigenvalue weighted by atomic mass is 9.81. The Morgan fingerprint density at radius 2 is 1.86 bits per heavy atom. The molecule has 0 bridgehead atoms. The van der Waals surface area contributed by atoms with Gasteiger partial charge in [-0.15, -0.1) is 0 Å². The topological polar surface area (TPSA) is 53.2 Å². The van der Waals surface area contributed by atoms with Crippen LogP contribution in [0.25, 0.3) is 0 Å². The molecule has 21 heavy (non-hydrogen) atoms. The van der Waals surface area contributed by atoms with Gasteiger partial charge in [0.15, 0.2) is 0 Å². The highest BCUT2D eigenvalue weighted by Crippen LogP contribution is 2.26. The van der Waals surface area contributed by atoms with Crippen molar-refractivity contribution in [3.05, 3.63) is 29.3 Å². The maximum Gasteiger partial charge on any atom is 0.239 e. The van der Waals surface area contributed by atoms with Crippen molar-refractivity contribution >= 4 is 11.6 Å². The van der Waals surface area contributed by atoms with E-state index in [1.165, 1.54) is 11.1 Å². The van der Waals surface area contributed by atoms with Crippen molar-refractivity contribution in [1.82, 2.24) is 10.6 Å². The van der Waals surface area contributed by atoms with Crippen LogP contribution in [0.3, 0.4) is 0 Å². The summed E-state index contributed by atoms with van der Waals surface area (Å²) in [5, 5.41) is 9.69. The molecule has 1 aliphatic rings. The van der Waals surface area contributed by atoms with Gasteiger partial charge in [-0.25, -0.2) is 0 Å². The standard InChI is InChI=1S/C17H27N3O/c1-13-5-4-6-14(2)16(13)19-11-15(21)20-12-17(3)7-9-18-10-8-17/h4-6,18-19H,7-12H2,1-3H3,(H,20,21). The maximum atomic E-state index is 12.0. The summed E-state index contributed by atoms with van der Waals surface area (Å²) in [5.41, 5.74) is 3.65. The number of carbonyl (C=O) groups excluding carboxylic acids is 1.